The van der Waals surface area contributed by atoms with Crippen molar-refractivity contribution in [2.24, 2.45) is 0 Å². The van der Waals surface area contributed by atoms with Crippen LogP contribution in [-0.2, 0) is 0 Å². The van der Waals surface area contributed by atoms with Gasteiger partial charge in [-0.15, -0.1) is 0 Å². The van der Waals surface area contributed by atoms with E-state index in [1.807, 2.05) is 18.2 Å². The zero-order valence-corrected chi connectivity index (χ0v) is 27.1. The van der Waals surface area contributed by atoms with Gasteiger partial charge in [-0.3, -0.25) is 0 Å². The van der Waals surface area contributed by atoms with Crippen molar-refractivity contribution in [3.8, 4) is 33.6 Å². The average Bonchev–Trinajstić information content (AvgIpc) is 3.68. The first kappa shape index (κ1) is 28.2. The predicted molar refractivity (Wildman–Crippen MR) is 210 cm³/mol. The number of nitrogens with zero attached hydrogens (tertiary/aromatic N) is 3. The lowest BCUT2D eigenvalue weighted by Crippen LogP contribution is -1.95. The lowest BCUT2D eigenvalue weighted by molar-refractivity contribution is 1.16. The van der Waals surface area contributed by atoms with E-state index in [1.54, 1.807) is 0 Å². The molecule has 0 spiro atoms. The summed E-state index contributed by atoms with van der Waals surface area (Å²) in [5.74, 6) is 0. The van der Waals surface area contributed by atoms with Gasteiger partial charge in [0.25, 0.3) is 0 Å². The van der Waals surface area contributed by atoms with Crippen molar-refractivity contribution in [2.45, 2.75) is 0 Å². The fourth-order valence-corrected chi connectivity index (χ4v) is 7.90. The quantitative estimate of drug-likeness (QED) is 0.171. The average molecular weight is 636 g/mol. The van der Waals surface area contributed by atoms with E-state index in [0.29, 0.717) is 5.69 Å². The third-order valence-corrected chi connectivity index (χ3v) is 10.1. The van der Waals surface area contributed by atoms with E-state index in [0.717, 1.165) is 22.5 Å². The number of aromatic nitrogens is 2. The number of para-hydroxylation sites is 3. The van der Waals surface area contributed by atoms with Gasteiger partial charge in [-0.05, 0) is 93.7 Å². The summed E-state index contributed by atoms with van der Waals surface area (Å²) < 4.78 is 4.80. The monoisotopic (exact) mass is 635 g/mol. The van der Waals surface area contributed by atoms with E-state index >= 15 is 0 Å². The molecule has 232 valence electrons. The summed E-state index contributed by atoms with van der Waals surface area (Å²) in [5, 5.41) is 7.30. The first-order valence-electron chi connectivity index (χ1n) is 16.9. The molecule has 8 aromatic carbocycles. The zero-order chi connectivity index (χ0) is 33.2. The summed E-state index contributed by atoms with van der Waals surface area (Å²) >= 11 is 0. The molecule has 0 atom stereocenters. The van der Waals surface area contributed by atoms with E-state index < -0.39 is 0 Å². The van der Waals surface area contributed by atoms with Crippen molar-refractivity contribution in [1.82, 2.24) is 9.13 Å². The summed E-state index contributed by atoms with van der Waals surface area (Å²) in [6, 6.07) is 62.8. The molecule has 50 heavy (non-hydrogen) atoms. The molecule has 3 heteroatoms. The van der Waals surface area contributed by atoms with Crippen LogP contribution in [0, 0.1) is 6.57 Å². The van der Waals surface area contributed by atoms with Crippen LogP contribution in [-0.4, -0.2) is 9.13 Å². The second-order valence-corrected chi connectivity index (χ2v) is 12.8. The van der Waals surface area contributed by atoms with Gasteiger partial charge in [0.1, 0.15) is 0 Å². The van der Waals surface area contributed by atoms with Crippen molar-refractivity contribution in [3.63, 3.8) is 0 Å². The van der Waals surface area contributed by atoms with Gasteiger partial charge in [-0.25, -0.2) is 4.85 Å². The Kier molecular flexibility index (Phi) is 6.24. The summed E-state index contributed by atoms with van der Waals surface area (Å²) in [5.41, 5.74) is 12.2. The standard InChI is InChI=1S/C47H29N3/c1-48-33-14-12-13-31(27-33)36-24-25-37(39-20-9-8-19-38(36)39)32-23-26-45-41(28-32)43-29-42-40-21-10-11-22-44(40)49(34-15-4-2-5-16-34)46(42)30-47(43)50(45)35-17-6-3-7-18-35/h2-30H. The lowest BCUT2D eigenvalue weighted by Gasteiger charge is -2.13. The number of benzene rings is 8. The SMILES string of the molecule is [C-]#[N+]c1cccc(-c2ccc(-c3ccc4c(c3)c3cc5c6ccccc6n(-c6ccccc6)c5cc3n4-c3ccccc3)c3ccccc23)c1. The van der Waals surface area contributed by atoms with Gasteiger partial charge in [0.15, 0.2) is 5.69 Å². The molecule has 0 aliphatic carbocycles. The van der Waals surface area contributed by atoms with Gasteiger partial charge in [-0.1, -0.05) is 115 Å². The minimum absolute atomic E-state index is 0.650. The summed E-state index contributed by atoms with van der Waals surface area (Å²) in [6.45, 7) is 7.54. The van der Waals surface area contributed by atoms with Crippen LogP contribution in [0.2, 0.25) is 0 Å². The van der Waals surface area contributed by atoms with Crippen LogP contribution < -0.4 is 0 Å². The fourth-order valence-electron chi connectivity index (χ4n) is 7.90. The van der Waals surface area contributed by atoms with Crippen LogP contribution in [0.15, 0.2) is 176 Å². The molecule has 2 heterocycles. The normalized spacial score (nSPS) is 11.6. The second-order valence-electron chi connectivity index (χ2n) is 12.8. The van der Waals surface area contributed by atoms with Gasteiger partial charge in [0, 0.05) is 32.9 Å². The highest BCUT2D eigenvalue weighted by Crippen LogP contribution is 2.42. The summed E-state index contributed by atoms with van der Waals surface area (Å²) in [6.07, 6.45) is 0. The molecule has 2 aromatic heterocycles. The van der Waals surface area contributed by atoms with Gasteiger partial charge in [0.05, 0.1) is 28.6 Å². The molecular weight excluding hydrogens is 607 g/mol. The Labute approximate surface area is 289 Å². The first-order chi connectivity index (χ1) is 24.8. The maximum absolute atomic E-state index is 7.54. The van der Waals surface area contributed by atoms with E-state index in [2.05, 4.69) is 172 Å². The van der Waals surface area contributed by atoms with Gasteiger partial charge >= 0.3 is 0 Å². The Morgan fingerprint density at radius 3 is 1.50 bits per heavy atom. The molecule has 0 N–H and O–H groups in total. The molecule has 0 saturated heterocycles. The molecule has 0 saturated carbocycles. The molecule has 3 nitrogen and oxygen atoms in total. The van der Waals surface area contributed by atoms with Crippen LogP contribution >= 0.6 is 0 Å². The van der Waals surface area contributed by atoms with E-state index in [-0.39, 0.29) is 0 Å². The Morgan fingerprint density at radius 2 is 0.860 bits per heavy atom. The van der Waals surface area contributed by atoms with Crippen LogP contribution in [0.25, 0.3) is 92.9 Å². The smallest absolute Gasteiger partial charge is 0.187 e. The Morgan fingerprint density at radius 1 is 0.340 bits per heavy atom. The highest BCUT2D eigenvalue weighted by atomic mass is 15.0. The Balaban J connectivity index is 1.26. The molecule has 0 unspecified atom stereocenters. The molecule has 10 rings (SSSR count). The van der Waals surface area contributed by atoms with E-state index in [1.165, 1.54) is 65.5 Å². The molecule has 10 aromatic rings. The van der Waals surface area contributed by atoms with Crippen molar-refractivity contribution in [3.05, 3.63) is 187 Å². The van der Waals surface area contributed by atoms with Gasteiger partial charge < -0.3 is 9.13 Å². The topological polar surface area (TPSA) is 14.2 Å². The van der Waals surface area contributed by atoms with Crippen molar-refractivity contribution >= 4 is 60.1 Å². The minimum Gasteiger partial charge on any atom is -0.309 e. The van der Waals surface area contributed by atoms with Crippen LogP contribution in [0.4, 0.5) is 5.69 Å². The molecule has 0 bridgehead atoms. The lowest BCUT2D eigenvalue weighted by atomic mass is 9.91. The van der Waals surface area contributed by atoms with Crippen molar-refractivity contribution in [1.29, 1.82) is 0 Å². The third-order valence-electron chi connectivity index (χ3n) is 10.1. The van der Waals surface area contributed by atoms with Crippen molar-refractivity contribution in [2.75, 3.05) is 0 Å². The van der Waals surface area contributed by atoms with Crippen LogP contribution in [0.3, 0.4) is 0 Å². The molecule has 0 radical (unpaired) electrons. The maximum atomic E-state index is 7.54. The Bertz CT molecular complexity index is 2980. The molecule has 0 amide bonds. The maximum Gasteiger partial charge on any atom is 0.187 e. The fraction of sp³-hybridized carbons (Fsp3) is 0. The highest BCUT2D eigenvalue weighted by Gasteiger charge is 2.19. The third kappa shape index (κ3) is 4.23. The second kappa shape index (κ2) is 11.1. The Hall–Kier alpha value is -6.89. The molecule has 0 aliphatic rings. The number of rotatable bonds is 4. The van der Waals surface area contributed by atoms with Crippen molar-refractivity contribution < 1.29 is 0 Å². The van der Waals surface area contributed by atoms with E-state index in [4.69, 9.17) is 6.57 Å². The van der Waals surface area contributed by atoms with Crippen LogP contribution in [0.1, 0.15) is 0 Å². The highest BCUT2D eigenvalue weighted by molar-refractivity contribution is 6.20. The predicted octanol–water partition coefficient (Wildman–Crippen LogP) is 12.9. The molecular formula is C47H29N3. The molecule has 0 aliphatic heterocycles. The summed E-state index contributed by atoms with van der Waals surface area (Å²) in [7, 11) is 0. The zero-order valence-electron chi connectivity index (χ0n) is 27.1. The van der Waals surface area contributed by atoms with Gasteiger partial charge in [-0.2, -0.15) is 0 Å². The molecule has 0 fully saturated rings. The van der Waals surface area contributed by atoms with E-state index in [9.17, 15) is 0 Å². The number of fused-ring (bicyclic) bond motifs is 7. The number of hydrogen-bond donors (Lipinski definition) is 0. The minimum atomic E-state index is 0.650. The number of hydrogen-bond acceptors (Lipinski definition) is 0. The van der Waals surface area contributed by atoms with Gasteiger partial charge in [0.2, 0.25) is 0 Å². The largest absolute Gasteiger partial charge is 0.309 e. The van der Waals surface area contributed by atoms with Crippen LogP contribution in [0.5, 0.6) is 0 Å². The summed E-state index contributed by atoms with van der Waals surface area (Å²) in [4.78, 5) is 3.68. The first-order valence-corrected chi connectivity index (χ1v) is 16.9.